The summed E-state index contributed by atoms with van der Waals surface area (Å²) in [5.41, 5.74) is 1.14. The zero-order valence-corrected chi connectivity index (χ0v) is 14.0. The van der Waals surface area contributed by atoms with Crippen molar-refractivity contribution >= 4 is 17.0 Å². The van der Waals surface area contributed by atoms with E-state index in [1.54, 1.807) is 11.5 Å². The van der Waals surface area contributed by atoms with E-state index < -0.39 is 24.5 Å². The van der Waals surface area contributed by atoms with E-state index in [2.05, 4.69) is 20.3 Å². The largest absolute Gasteiger partial charge is 0.394 e. The van der Waals surface area contributed by atoms with E-state index in [0.29, 0.717) is 28.8 Å². The summed E-state index contributed by atoms with van der Waals surface area (Å²) in [6, 6.07) is 0.386. The average molecular weight is 349 g/mol. The molecule has 4 atom stereocenters. The van der Waals surface area contributed by atoms with Crippen molar-refractivity contribution < 1.29 is 20.1 Å². The van der Waals surface area contributed by atoms with Crippen molar-refractivity contribution in [3.63, 3.8) is 0 Å². The Bertz CT molecular complexity index is 760. The zero-order valence-electron chi connectivity index (χ0n) is 14.0. The number of nitrogens with one attached hydrogen (secondary N) is 1. The van der Waals surface area contributed by atoms with Crippen LogP contribution in [0.4, 0.5) is 5.82 Å². The maximum Gasteiger partial charge on any atom is 0.167 e. The number of hydrogen-bond acceptors (Lipinski definition) is 8. The first-order chi connectivity index (χ1) is 12.1. The number of aliphatic hydroxyl groups excluding tert-OH is 3. The highest BCUT2D eigenvalue weighted by Crippen LogP contribution is 2.33. The van der Waals surface area contributed by atoms with Crippen LogP contribution in [0.5, 0.6) is 0 Å². The highest BCUT2D eigenvalue weighted by atomic mass is 16.6. The monoisotopic (exact) mass is 349 g/mol. The Morgan fingerprint density at radius 1 is 1.24 bits per heavy atom. The number of aromatic nitrogens is 4. The lowest BCUT2D eigenvalue weighted by atomic mass is 10.1. The fourth-order valence-electron chi connectivity index (χ4n) is 3.69. The first kappa shape index (κ1) is 16.6. The van der Waals surface area contributed by atoms with Gasteiger partial charge in [0.1, 0.15) is 24.1 Å². The normalized spacial score (nSPS) is 30.4. The molecule has 0 aromatic carbocycles. The molecule has 0 amide bonds. The lowest BCUT2D eigenvalue weighted by Crippen LogP contribution is -2.33. The third-order valence-corrected chi connectivity index (χ3v) is 5.02. The fraction of sp³-hybridized carbons (Fsp3) is 0.688. The molecule has 136 valence electrons. The van der Waals surface area contributed by atoms with Gasteiger partial charge in [0.2, 0.25) is 0 Å². The third-order valence-electron chi connectivity index (χ3n) is 5.02. The van der Waals surface area contributed by atoms with Gasteiger partial charge in [-0.2, -0.15) is 0 Å². The second-order valence-electron chi connectivity index (χ2n) is 6.80. The van der Waals surface area contributed by atoms with Crippen LogP contribution < -0.4 is 5.32 Å². The highest BCUT2D eigenvalue weighted by Gasteiger charge is 2.44. The van der Waals surface area contributed by atoms with Crippen LogP contribution in [0.3, 0.4) is 0 Å². The second-order valence-corrected chi connectivity index (χ2v) is 6.80. The predicted molar refractivity (Wildman–Crippen MR) is 88.9 cm³/mol. The van der Waals surface area contributed by atoms with Crippen molar-refractivity contribution in [1.82, 2.24) is 19.5 Å². The Hall–Kier alpha value is -1.81. The van der Waals surface area contributed by atoms with Crippen LogP contribution in [0.25, 0.3) is 11.2 Å². The maximum atomic E-state index is 10.3. The van der Waals surface area contributed by atoms with Gasteiger partial charge in [-0.1, -0.05) is 12.8 Å². The average Bonchev–Trinajstić information content (AvgIpc) is 3.29. The highest BCUT2D eigenvalue weighted by molar-refractivity contribution is 5.83. The maximum absolute atomic E-state index is 10.3. The summed E-state index contributed by atoms with van der Waals surface area (Å²) in [7, 11) is 0. The van der Waals surface area contributed by atoms with Crippen LogP contribution in [-0.4, -0.2) is 65.8 Å². The van der Waals surface area contributed by atoms with Gasteiger partial charge < -0.3 is 25.4 Å². The van der Waals surface area contributed by atoms with Gasteiger partial charge >= 0.3 is 0 Å². The fourth-order valence-corrected chi connectivity index (χ4v) is 3.69. The van der Waals surface area contributed by atoms with Crippen LogP contribution in [0.15, 0.2) is 6.33 Å². The summed E-state index contributed by atoms with van der Waals surface area (Å²) in [5, 5.41) is 33.0. The number of rotatable bonds is 4. The molecule has 0 spiro atoms. The van der Waals surface area contributed by atoms with Gasteiger partial charge in [-0.25, -0.2) is 15.0 Å². The van der Waals surface area contributed by atoms with E-state index in [4.69, 9.17) is 4.74 Å². The summed E-state index contributed by atoms with van der Waals surface area (Å²) in [5.74, 6) is 1.27. The Balaban J connectivity index is 1.70. The topological polar surface area (TPSA) is 126 Å². The van der Waals surface area contributed by atoms with Crippen LogP contribution in [0.2, 0.25) is 0 Å². The van der Waals surface area contributed by atoms with Gasteiger partial charge in [0.05, 0.1) is 12.9 Å². The third kappa shape index (κ3) is 2.86. The van der Waals surface area contributed by atoms with Crippen LogP contribution in [0.1, 0.15) is 37.7 Å². The van der Waals surface area contributed by atoms with Crippen molar-refractivity contribution in [2.75, 3.05) is 11.9 Å². The Morgan fingerprint density at radius 2 is 2.00 bits per heavy atom. The van der Waals surface area contributed by atoms with Crippen molar-refractivity contribution in [3.8, 4) is 0 Å². The van der Waals surface area contributed by atoms with E-state index in [0.717, 1.165) is 12.8 Å². The molecule has 9 heteroatoms. The first-order valence-electron chi connectivity index (χ1n) is 8.68. The minimum Gasteiger partial charge on any atom is -0.394 e. The molecule has 4 N–H and O–H groups in total. The number of hydrogen-bond donors (Lipinski definition) is 4. The molecule has 2 aromatic heterocycles. The van der Waals surface area contributed by atoms with Crippen LogP contribution in [-0.2, 0) is 4.74 Å². The molecular weight excluding hydrogens is 326 g/mol. The molecule has 2 aliphatic rings. The minimum absolute atomic E-state index is 0.371. The first-order valence-corrected chi connectivity index (χ1v) is 8.68. The number of anilines is 1. The van der Waals surface area contributed by atoms with Crippen molar-refractivity contribution in [3.05, 3.63) is 12.2 Å². The van der Waals surface area contributed by atoms with Crippen LogP contribution >= 0.6 is 0 Å². The van der Waals surface area contributed by atoms with E-state index in [1.165, 1.54) is 19.2 Å². The molecule has 25 heavy (non-hydrogen) atoms. The Morgan fingerprint density at radius 3 is 2.68 bits per heavy atom. The summed E-state index contributed by atoms with van der Waals surface area (Å²) in [6.07, 6.45) is 2.15. The molecule has 4 rings (SSSR count). The van der Waals surface area contributed by atoms with Crippen LogP contribution in [0, 0.1) is 6.92 Å². The van der Waals surface area contributed by atoms with E-state index >= 15 is 0 Å². The molecule has 2 aromatic rings. The number of ether oxygens (including phenoxy) is 1. The number of nitrogens with zero attached hydrogens (tertiary/aromatic N) is 4. The number of imidazole rings is 1. The molecule has 0 bridgehead atoms. The Labute approximate surface area is 144 Å². The van der Waals surface area contributed by atoms with Crippen molar-refractivity contribution in [2.45, 2.75) is 63.2 Å². The molecule has 0 unspecified atom stereocenters. The van der Waals surface area contributed by atoms with E-state index in [9.17, 15) is 15.3 Å². The molecule has 3 heterocycles. The quantitative estimate of drug-likeness (QED) is 0.612. The summed E-state index contributed by atoms with van der Waals surface area (Å²) < 4.78 is 7.18. The molecular formula is C16H23N5O4. The van der Waals surface area contributed by atoms with Crippen molar-refractivity contribution in [2.24, 2.45) is 0 Å². The standard InChI is InChI=1S/C16H23N5O4/c1-8-18-14(20-9-4-2-3-5-9)11-15(19-8)21(7-17-11)16-13(24)12(23)10(6-22)25-16/h7,9-10,12-13,16,22-24H,2-6H2,1H3,(H,18,19,20)/t10-,12-,13-,16-/m1/s1. The van der Waals surface area contributed by atoms with E-state index in [-0.39, 0.29) is 6.61 Å². The smallest absolute Gasteiger partial charge is 0.167 e. The Kier molecular flexibility index (Phi) is 4.32. The molecule has 1 aliphatic carbocycles. The summed E-state index contributed by atoms with van der Waals surface area (Å²) in [4.78, 5) is 13.3. The summed E-state index contributed by atoms with van der Waals surface area (Å²) in [6.45, 7) is 1.43. The van der Waals surface area contributed by atoms with Gasteiger partial charge in [0, 0.05) is 6.04 Å². The molecule has 1 saturated carbocycles. The number of aliphatic hydroxyl groups is 3. The van der Waals surface area contributed by atoms with Gasteiger partial charge in [0.25, 0.3) is 0 Å². The van der Waals surface area contributed by atoms with E-state index in [1.807, 2.05) is 0 Å². The minimum atomic E-state index is -1.17. The molecule has 9 nitrogen and oxygen atoms in total. The molecule has 1 saturated heterocycles. The predicted octanol–water partition coefficient (Wildman–Crippen LogP) is 0.101. The van der Waals surface area contributed by atoms with Gasteiger partial charge in [0.15, 0.2) is 23.2 Å². The number of aryl methyl sites for hydroxylation is 1. The number of fused-ring (bicyclic) bond motifs is 1. The van der Waals surface area contributed by atoms with Crippen molar-refractivity contribution in [1.29, 1.82) is 0 Å². The SMILES string of the molecule is Cc1nc(NC2CCCC2)c2ncn([C@@H]3O[C@H](CO)[C@@H](O)[C@H]3O)c2n1. The second kappa shape index (κ2) is 6.49. The van der Waals surface area contributed by atoms with Gasteiger partial charge in [-0.15, -0.1) is 0 Å². The zero-order chi connectivity index (χ0) is 17.6. The molecule has 2 fully saturated rings. The summed E-state index contributed by atoms with van der Waals surface area (Å²) >= 11 is 0. The lowest BCUT2D eigenvalue weighted by Gasteiger charge is -2.17. The molecule has 0 radical (unpaired) electrons. The van der Waals surface area contributed by atoms with Gasteiger partial charge in [-0.3, -0.25) is 4.57 Å². The van der Waals surface area contributed by atoms with Gasteiger partial charge in [-0.05, 0) is 19.8 Å². The lowest BCUT2D eigenvalue weighted by molar-refractivity contribution is -0.0511. The molecule has 1 aliphatic heterocycles.